The summed E-state index contributed by atoms with van der Waals surface area (Å²) >= 11 is 0. The molecule has 0 aromatic heterocycles. The SMILES string of the molecule is CC(C)(C)CN1C(=O)CNC1c1ccccc1OC(F)F. The number of benzene rings is 1. The van der Waals surface area contributed by atoms with Gasteiger partial charge in [0.05, 0.1) is 6.54 Å². The quantitative estimate of drug-likeness (QED) is 0.929. The van der Waals surface area contributed by atoms with Crippen LogP contribution in [0.2, 0.25) is 0 Å². The highest BCUT2D eigenvalue weighted by molar-refractivity contribution is 5.81. The van der Waals surface area contributed by atoms with Crippen LogP contribution in [0.25, 0.3) is 0 Å². The third-order valence-electron chi connectivity index (χ3n) is 3.15. The van der Waals surface area contributed by atoms with Crippen LogP contribution in [0, 0.1) is 5.41 Å². The van der Waals surface area contributed by atoms with Gasteiger partial charge in [-0.3, -0.25) is 10.1 Å². The second kappa shape index (κ2) is 5.97. The van der Waals surface area contributed by atoms with Crippen molar-refractivity contribution in [3.8, 4) is 5.75 Å². The van der Waals surface area contributed by atoms with Gasteiger partial charge in [-0.25, -0.2) is 0 Å². The standard InChI is InChI=1S/C15H20F2N2O2/c1-15(2,3)9-19-12(20)8-18-13(19)10-6-4-5-7-11(10)21-14(16)17/h4-7,13-14,18H,8-9H2,1-3H3. The molecule has 1 aliphatic rings. The number of nitrogens with zero attached hydrogens (tertiary/aromatic N) is 1. The molecule has 0 bridgehead atoms. The van der Waals surface area contributed by atoms with Crippen LogP contribution in [0.1, 0.15) is 32.5 Å². The third-order valence-corrected chi connectivity index (χ3v) is 3.15. The van der Waals surface area contributed by atoms with E-state index in [0.717, 1.165) is 0 Å². The molecular formula is C15H20F2N2O2. The molecule has 0 saturated carbocycles. The van der Waals surface area contributed by atoms with Crippen LogP contribution in [0.4, 0.5) is 8.78 Å². The first kappa shape index (κ1) is 15.7. The molecule has 1 N–H and O–H groups in total. The molecule has 0 spiro atoms. The maximum Gasteiger partial charge on any atom is 0.387 e. The molecule has 1 aromatic carbocycles. The second-order valence-electron chi connectivity index (χ2n) is 6.28. The molecule has 1 unspecified atom stereocenters. The molecule has 116 valence electrons. The van der Waals surface area contributed by atoms with E-state index in [1.54, 1.807) is 23.1 Å². The second-order valence-corrected chi connectivity index (χ2v) is 6.28. The Morgan fingerprint density at radius 1 is 1.38 bits per heavy atom. The van der Waals surface area contributed by atoms with Gasteiger partial charge in [0, 0.05) is 12.1 Å². The van der Waals surface area contributed by atoms with Gasteiger partial charge in [-0.2, -0.15) is 8.78 Å². The summed E-state index contributed by atoms with van der Waals surface area (Å²) in [5.41, 5.74) is 0.464. The first-order valence-corrected chi connectivity index (χ1v) is 6.84. The lowest BCUT2D eigenvalue weighted by atomic mass is 9.95. The largest absolute Gasteiger partial charge is 0.434 e. The Kier molecular flexibility index (Phi) is 4.46. The van der Waals surface area contributed by atoms with Crippen molar-refractivity contribution >= 4 is 5.91 Å². The number of carbonyl (C=O) groups is 1. The number of ether oxygens (including phenoxy) is 1. The molecule has 1 aromatic rings. The maximum atomic E-state index is 12.5. The number of hydrogen-bond donors (Lipinski definition) is 1. The average Bonchev–Trinajstić information content (AvgIpc) is 2.69. The summed E-state index contributed by atoms with van der Waals surface area (Å²) in [4.78, 5) is 13.7. The number of alkyl halides is 2. The Balaban J connectivity index is 2.29. The number of amides is 1. The van der Waals surface area contributed by atoms with Crippen molar-refractivity contribution in [2.24, 2.45) is 5.41 Å². The van der Waals surface area contributed by atoms with Crippen molar-refractivity contribution < 1.29 is 18.3 Å². The Bertz CT molecular complexity index is 515. The average molecular weight is 298 g/mol. The summed E-state index contributed by atoms with van der Waals surface area (Å²) in [5.74, 6) is 0.0559. The molecule has 1 heterocycles. The zero-order valence-electron chi connectivity index (χ0n) is 12.4. The van der Waals surface area contributed by atoms with Crippen molar-refractivity contribution in [3.05, 3.63) is 29.8 Å². The van der Waals surface area contributed by atoms with Gasteiger partial charge in [0.1, 0.15) is 11.9 Å². The van der Waals surface area contributed by atoms with E-state index in [9.17, 15) is 13.6 Å². The summed E-state index contributed by atoms with van der Waals surface area (Å²) in [6.45, 7) is 3.92. The predicted molar refractivity (Wildman–Crippen MR) is 75.0 cm³/mol. The number of nitrogens with one attached hydrogen (secondary N) is 1. The smallest absolute Gasteiger partial charge is 0.387 e. The lowest BCUT2D eigenvalue weighted by Crippen LogP contribution is -2.37. The van der Waals surface area contributed by atoms with E-state index in [2.05, 4.69) is 10.1 Å². The molecule has 2 rings (SSSR count). The minimum absolute atomic E-state index is 0.0400. The van der Waals surface area contributed by atoms with E-state index >= 15 is 0 Å². The molecule has 1 amide bonds. The van der Waals surface area contributed by atoms with Crippen molar-refractivity contribution in [1.82, 2.24) is 10.2 Å². The monoisotopic (exact) mass is 298 g/mol. The van der Waals surface area contributed by atoms with Crippen molar-refractivity contribution in [2.45, 2.75) is 33.5 Å². The molecule has 1 saturated heterocycles. The summed E-state index contributed by atoms with van der Waals surface area (Å²) < 4.78 is 29.6. The van der Waals surface area contributed by atoms with E-state index < -0.39 is 12.8 Å². The number of hydrogen-bond acceptors (Lipinski definition) is 3. The molecule has 1 atom stereocenters. The van der Waals surface area contributed by atoms with E-state index in [-0.39, 0.29) is 23.6 Å². The Hall–Kier alpha value is -1.69. The van der Waals surface area contributed by atoms with E-state index in [0.29, 0.717) is 12.1 Å². The fourth-order valence-electron chi connectivity index (χ4n) is 2.42. The van der Waals surface area contributed by atoms with Crippen molar-refractivity contribution in [2.75, 3.05) is 13.1 Å². The Morgan fingerprint density at radius 2 is 2.05 bits per heavy atom. The number of rotatable bonds is 4. The molecule has 6 heteroatoms. The summed E-state index contributed by atoms with van der Waals surface area (Å²) in [6.07, 6.45) is -0.438. The zero-order valence-corrected chi connectivity index (χ0v) is 12.4. The van der Waals surface area contributed by atoms with Crippen LogP contribution in [-0.4, -0.2) is 30.5 Å². The Morgan fingerprint density at radius 3 is 2.67 bits per heavy atom. The maximum absolute atomic E-state index is 12.5. The third kappa shape index (κ3) is 3.91. The van der Waals surface area contributed by atoms with Gasteiger partial charge < -0.3 is 9.64 Å². The zero-order chi connectivity index (χ0) is 15.6. The minimum atomic E-state index is -2.89. The summed E-state index contributed by atoms with van der Waals surface area (Å²) in [5, 5.41) is 3.06. The highest BCUT2D eigenvalue weighted by atomic mass is 19.3. The first-order valence-electron chi connectivity index (χ1n) is 6.84. The highest BCUT2D eigenvalue weighted by Gasteiger charge is 2.35. The van der Waals surface area contributed by atoms with Gasteiger partial charge in [-0.15, -0.1) is 0 Å². The van der Waals surface area contributed by atoms with Crippen LogP contribution >= 0.6 is 0 Å². The lowest BCUT2D eigenvalue weighted by molar-refractivity contribution is -0.129. The fourth-order valence-corrected chi connectivity index (χ4v) is 2.42. The number of para-hydroxylation sites is 1. The summed E-state index contributed by atoms with van der Waals surface area (Å²) in [6, 6.07) is 6.56. The topological polar surface area (TPSA) is 41.6 Å². The van der Waals surface area contributed by atoms with Gasteiger partial charge in [-0.05, 0) is 11.5 Å². The molecule has 0 radical (unpaired) electrons. The normalized spacial score (nSPS) is 19.4. The van der Waals surface area contributed by atoms with Gasteiger partial charge in [-0.1, -0.05) is 39.0 Å². The number of halogens is 2. The van der Waals surface area contributed by atoms with Crippen LogP contribution in [0.3, 0.4) is 0 Å². The van der Waals surface area contributed by atoms with Crippen LogP contribution in [0.15, 0.2) is 24.3 Å². The van der Waals surface area contributed by atoms with Crippen molar-refractivity contribution in [1.29, 1.82) is 0 Å². The first-order chi connectivity index (χ1) is 9.78. The van der Waals surface area contributed by atoms with Gasteiger partial charge in [0.2, 0.25) is 5.91 Å². The summed E-state index contributed by atoms with van der Waals surface area (Å²) in [7, 11) is 0. The van der Waals surface area contributed by atoms with Crippen LogP contribution < -0.4 is 10.1 Å². The van der Waals surface area contributed by atoms with E-state index in [1.165, 1.54) is 6.07 Å². The lowest BCUT2D eigenvalue weighted by Gasteiger charge is -2.31. The van der Waals surface area contributed by atoms with Gasteiger partial charge in [0.25, 0.3) is 0 Å². The van der Waals surface area contributed by atoms with E-state index in [4.69, 9.17) is 0 Å². The molecule has 21 heavy (non-hydrogen) atoms. The molecule has 4 nitrogen and oxygen atoms in total. The van der Waals surface area contributed by atoms with Crippen LogP contribution in [-0.2, 0) is 4.79 Å². The molecule has 1 aliphatic heterocycles. The minimum Gasteiger partial charge on any atom is -0.434 e. The predicted octanol–water partition coefficient (Wildman–Crippen LogP) is 2.76. The van der Waals surface area contributed by atoms with Gasteiger partial charge in [0.15, 0.2) is 0 Å². The van der Waals surface area contributed by atoms with Crippen molar-refractivity contribution in [3.63, 3.8) is 0 Å². The van der Waals surface area contributed by atoms with E-state index in [1.807, 2.05) is 20.8 Å². The molecular weight excluding hydrogens is 278 g/mol. The van der Waals surface area contributed by atoms with Crippen LogP contribution in [0.5, 0.6) is 5.75 Å². The molecule has 0 aliphatic carbocycles. The number of carbonyl (C=O) groups excluding carboxylic acids is 1. The fraction of sp³-hybridized carbons (Fsp3) is 0.533. The highest BCUT2D eigenvalue weighted by Crippen LogP contribution is 2.33. The Labute approximate surface area is 123 Å². The molecule has 1 fully saturated rings. The van der Waals surface area contributed by atoms with Gasteiger partial charge >= 0.3 is 6.61 Å².